The predicted molar refractivity (Wildman–Crippen MR) is 51.5 cm³/mol. The molecule has 0 aromatic carbocycles. The van der Waals surface area contributed by atoms with Gasteiger partial charge in [0.05, 0.1) is 0 Å². The second-order valence-electron chi connectivity index (χ2n) is 2.42. The molecule has 0 atom stereocenters. The van der Waals surface area contributed by atoms with Crippen molar-refractivity contribution < 1.29 is 14.3 Å². The van der Waals surface area contributed by atoms with Crippen LogP contribution >= 0.6 is 0 Å². The van der Waals surface area contributed by atoms with Crippen LogP contribution in [0.5, 0.6) is 0 Å². The van der Waals surface area contributed by atoms with Gasteiger partial charge in [0, 0.05) is 0 Å². The van der Waals surface area contributed by atoms with Crippen molar-refractivity contribution in [2.24, 2.45) is 0 Å². The molecule has 0 amide bonds. The fraction of sp³-hybridized carbons (Fsp3) is 0.500. The average Bonchev–Trinajstić information content (AvgIpc) is 2.14. The summed E-state index contributed by atoms with van der Waals surface area (Å²) in [6, 6.07) is 0. The van der Waals surface area contributed by atoms with Gasteiger partial charge in [-0.15, -0.1) is 0 Å². The summed E-state index contributed by atoms with van der Waals surface area (Å²) in [5.41, 5.74) is 0. The molecule has 0 saturated carbocycles. The summed E-state index contributed by atoms with van der Waals surface area (Å²) in [6.07, 6.45) is 6.72. The molecule has 0 aromatic heterocycles. The number of carbonyl (C=O) groups excluding carboxylic acids is 1. The van der Waals surface area contributed by atoms with E-state index in [1.807, 2.05) is 6.08 Å². The third-order valence-electron chi connectivity index (χ3n) is 1.24. The van der Waals surface area contributed by atoms with Crippen molar-refractivity contribution in [1.82, 2.24) is 0 Å². The topological polar surface area (TPSA) is 35.5 Å². The molecule has 0 bridgehead atoms. The number of hydrogen-bond donors (Lipinski definition) is 0. The highest BCUT2D eigenvalue weighted by Crippen LogP contribution is 1.90. The van der Waals surface area contributed by atoms with Gasteiger partial charge < -0.3 is 9.47 Å². The van der Waals surface area contributed by atoms with Gasteiger partial charge in [-0.2, -0.15) is 0 Å². The molecule has 0 fully saturated rings. The number of ether oxygens (including phenoxy) is 2. The molecule has 0 aliphatic rings. The molecule has 0 rings (SSSR count). The molecule has 0 N–H and O–H groups in total. The van der Waals surface area contributed by atoms with E-state index in [-0.39, 0.29) is 13.2 Å². The Labute approximate surface area is 79.0 Å². The molecule has 3 heteroatoms. The average molecular weight is 184 g/mol. The van der Waals surface area contributed by atoms with Crippen molar-refractivity contribution in [3.05, 3.63) is 24.8 Å². The fourth-order valence-corrected chi connectivity index (χ4v) is 0.637. The number of hydrogen-bond acceptors (Lipinski definition) is 3. The van der Waals surface area contributed by atoms with Crippen LogP contribution in [-0.4, -0.2) is 19.4 Å². The Morgan fingerprint density at radius 1 is 1.31 bits per heavy atom. The summed E-state index contributed by atoms with van der Waals surface area (Å²) in [5, 5.41) is 0. The second kappa shape index (κ2) is 8.84. The molecule has 0 saturated heterocycles. The van der Waals surface area contributed by atoms with Gasteiger partial charge in [-0.25, -0.2) is 4.79 Å². The lowest BCUT2D eigenvalue weighted by Crippen LogP contribution is -2.06. The number of allylic oxidation sites excluding steroid dienone is 1. The van der Waals surface area contributed by atoms with E-state index in [2.05, 4.69) is 18.2 Å². The molecule has 0 unspecified atom stereocenters. The molecular formula is C10H16O3. The molecule has 0 aliphatic carbocycles. The van der Waals surface area contributed by atoms with Crippen molar-refractivity contribution in [2.75, 3.05) is 13.2 Å². The Morgan fingerprint density at radius 2 is 2.00 bits per heavy atom. The van der Waals surface area contributed by atoms with Gasteiger partial charge in [0.1, 0.15) is 13.2 Å². The van der Waals surface area contributed by atoms with E-state index < -0.39 is 6.16 Å². The van der Waals surface area contributed by atoms with Gasteiger partial charge in [-0.3, -0.25) is 0 Å². The quantitative estimate of drug-likeness (QED) is 0.470. The first-order valence-electron chi connectivity index (χ1n) is 4.36. The zero-order valence-corrected chi connectivity index (χ0v) is 7.99. The van der Waals surface area contributed by atoms with Crippen LogP contribution < -0.4 is 0 Å². The minimum absolute atomic E-state index is 0.192. The Kier molecular flexibility index (Phi) is 7.99. The smallest absolute Gasteiger partial charge is 0.430 e. The minimum Gasteiger partial charge on any atom is -0.430 e. The highest BCUT2D eigenvalue weighted by Gasteiger charge is 1.98. The van der Waals surface area contributed by atoms with Crippen molar-refractivity contribution in [1.29, 1.82) is 0 Å². The van der Waals surface area contributed by atoms with E-state index in [9.17, 15) is 4.79 Å². The normalized spacial score (nSPS) is 9.92. The van der Waals surface area contributed by atoms with Crippen LogP contribution in [-0.2, 0) is 9.47 Å². The molecule has 74 valence electrons. The molecule has 3 nitrogen and oxygen atoms in total. The van der Waals surface area contributed by atoms with Crippen molar-refractivity contribution in [3.8, 4) is 0 Å². The lowest BCUT2D eigenvalue weighted by Gasteiger charge is -2.00. The van der Waals surface area contributed by atoms with Crippen LogP contribution in [0.25, 0.3) is 0 Å². The van der Waals surface area contributed by atoms with Gasteiger partial charge in [0.15, 0.2) is 0 Å². The van der Waals surface area contributed by atoms with Gasteiger partial charge in [-0.05, 0) is 6.42 Å². The molecule has 13 heavy (non-hydrogen) atoms. The summed E-state index contributed by atoms with van der Waals surface area (Å²) in [6.45, 7) is 5.96. The maximum absolute atomic E-state index is 10.7. The van der Waals surface area contributed by atoms with Crippen molar-refractivity contribution in [3.63, 3.8) is 0 Å². The summed E-state index contributed by atoms with van der Waals surface area (Å²) >= 11 is 0. The highest BCUT2D eigenvalue weighted by molar-refractivity contribution is 5.60. The second-order valence-corrected chi connectivity index (χ2v) is 2.42. The maximum Gasteiger partial charge on any atom is 0.508 e. The molecule has 0 aliphatic heterocycles. The van der Waals surface area contributed by atoms with Crippen molar-refractivity contribution >= 4 is 6.16 Å². The largest absolute Gasteiger partial charge is 0.508 e. The fourth-order valence-electron chi connectivity index (χ4n) is 0.637. The maximum atomic E-state index is 10.7. The summed E-state index contributed by atoms with van der Waals surface area (Å²) in [5.74, 6) is 0. The third-order valence-corrected chi connectivity index (χ3v) is 1.24. The Morgan fingerprint density at radius 3 is 2.62 bits per heavy atom. The van der Waals surface area contributed by atoms with E-state index in [1.54, 1.807) is 6.08 Å². The summed E-state index contributed by atoms with van der Waals surface area (Å²) in [7, 11) is 0. The van der Waals surface area contributed by atoms with Gasteiger partial charge >= 0.3 is 6.16 Å². The van der Waals surface area contributed by atoms with E-state index in [0.717, 1.165) is 12.8 Å². The van der Waals surface area contributed by atoms with E-state index >= 15 is 0 Å². The molecule has 0 spiro atoms. The third kappa shape index (κ3) is 8.66. The summed E-state index contributed by atoms with van der Waals surface area (Å²) in [4.78, 5) is 10.7. The first-order valence-corrected chi connectivity index (χ1v) is 4.36. The predicted octanol–water partition coefficient (Wildman–Crippen LogP) is 2.68. The van der Waals surface area contributed by atoms with Crippen LogP contribution in [0.2, 0.25) is 0 Å². The lowest BCUT2D eigenvalue weighted by atomic mass is 10.3. The van der Waals surface area contributed by atoms with E-state index in [4.69, 9.17) is 4.74 Å². The first kappa shape index (κ1) is 11.8. The van der Waals surface area contributed by atoms with Gasteiger partial charge in [-0.1, -0.05) is 38.2 Å². The zero-order valence-electron chi connectivity index (χ0n) is 7.99. The number of carbonyl (C=O) groups is 1. The SMILES string of the molecule is C=CCOC(=O)OC/C=C/CCC. The Bertz CT molecular complexity index is 173. The van der Waals surface area contributed by atoms with Crippen LogP contribution in [0.15, 0.2) is 24.8 Å². The van der Waals surface area contributed by atoms with Gasteiger partial charge in [0.2, 0.25) is 0 Å². The Hall–Kier alpha value is -1.25. The summed E-state index contributed by atoms with van der Waals surface area (Å²) < 4.78 is 9.28. The molecular weight excluding hydrogens is 168 g/mol. The molecule has 0 heterocycles. The van der Waals surface area contributed by atoms with E-state index in [0.29, 0.717) is 0 Å². The van der Waals surface area contributed by atoms with Crippen molar-refractivity contribution in [2.45, 2.75) is 19.8 Å². The number of unbranched alkanes of at least 4 members (excludes halogenated alkanes) is 1. The van der Waals surface area contributed by atoms with E-state index in [1.165, 1.54) is 6.08 Å². The standard InChI is InChI=1S/C10H16O3/c1-3-5-6-7-9-13-10(11)12-8-4-2/h4,6-7H,2-3,5,8-9H2,1H3/b7-6+. The van der Waals surface area contributed by atoms with Gasteiger partial charge in [0.25, 0.3) is 0 Å². The Balaban J connectivity index is 3.30. The van der Waals surface area contributed by atoms with Crippen LogP contribution in [0.4, 0.5) is 4.79 Å². The van der Waals surface area contributed by atoms with Crippen LogP contribution in [0.3, 0.4) is 0 Å². The minimum atomic E-state index is -0.652. The monoisotopic (exact) mass is 184 g/mol. The first-order chi connectivity index (χ1) is 6.31. The number of rotatable bonds is 6. The highest BCUT2D eigenvalue weighted by atomic mass is 16.7. The molecule has 0 aromatic rings. The lowest BCUT2D eigenvalue weighted by molar-refractivity contribution is 0.0717. The molecule has 0 radical (unpaired) electrons. The zero-order chi connectivity index (χ0) is 9.94. The van der Waals surface area contributed by atoms with Crippen LogP contribution in [0, 0.1) is 0 Å². The van der Waals surface area contributed by atoms with Crippen LogP contribution in [0.1, 0.15) is 19.8 Å².